The maximum absolute atomic E-state index is 11.4. The number of carbonyl (C=O) groups is 2. The second kappa shape index (κ2) is 12.3. The molecule has 38 heavy (non-hydrogen) atoms. The molecule has 0 saturated carbocycles. The van der Waals surface area contributed by atoms with Crippen molar-refractivity contribution in [2.75, 3.05) is 13.6 Å². The number of aliphatic hydroxyl groups is 2. The molecule has 198 valence electrons. The number of hydrogen-bond acceptors (Lipinski definition) is 8. The van der Waals surface area contributed by atoms with Gasteiger partial charge in [-0.25, -0.2) is 9.97 Å². The standard InChI is InChI=1S/C26H28N6O6/c27-23(35)9-22(38-14-34)26-30-12-20(32-26)18-7-3-16(4-8-18)15-1-5-17(6-2-15)19-11-29-24(31-19)10-21(25(28)36)37-13-33/h1-8,11-12,21-22,33-34H,9-10,13-14H2,(H2,27,35)(H2,28,36)(H,29,31)(H,30,32). The number of H-pyrrole nitrogens is 2. The fraction of sp³-hybridized carbons (Fsp3) is 0.231. The number of imidazole rings is 2. The van der Waals surface area contributed by atoms with Crippen molar-refractivity contribution in [2.24, 2.45) is 11.5 Å². The van der Waals surface area contributed by atoms with Crippen LogP contribution in [0.4, 0.5) is 0 Å². The lowest BCUT2D eigenvalue weighted by Gasteiger charge is -2.11. The Morgan fingerprint density at radius 2 is 1.32 bits per heavy atom. The van der Waals surface area contributed by atoms with E-state index in [1.807, 2.05) is 48.5 Å². The maximum atomic E-state index is 11.4. The van der Waals surface area contributed by atoms with Crippen molar-refractivity contribution in [3.63, 3.8) is 0 Å². The molecule has 2 aromatic heterocycles. The van der Waals surface area contributed by atoms with Crippen LogP contribution in [0, 0.1) is 0 Å². The number of nitrogens with two attached hydrogens (primary N) is 2. The van der Waals surface area contributed by atoms with Gasteiger partial charge in [0.1, 0.15) is 37.4 Å². The van der Waals surface area contributed by atoms with Crippen LogP contribution in [0.5, 0.6) is 0 Å². The van der Waals surface area contributed by atoms with Crippen molar-refractivity contribution in [3.05, 3.63) is 72.6 Å². The molecular formula is C26H28N6O6. The highest BCUT2D eigenvalue weighted by atomic mass is 16.6. The lowest BCUT2D eigenvalue weighted by molar-refractivity contribution is -0.136. The van der Waals surface area contributed by atoms with Gasteiger partial charge < -0.3 is 41.1 Å². The number of amides is 2. The average molecular weight is 521 g/mol. The number of benzene rings is 2. The number of ether oxygens (including phenoxy) is 2. The minimum atomic E-state index is -0.969. The first-order valence-corrected chi connectivity index (χ1v) is 11.7. The molecule has 12 heteroatoms. The Hall–Kier alpha value is -4.36. The third-order valence-electron chi connectivity index (χ3n) is 5.89. The summed E-state index contributed by atoms with van der Waals surface area (Å²) < 4.78 is 10.1. The summed E-state index contributed by atoms with van der Waals surface area (Å²) in [6, 6.07) is 15.7. The lowest BCUT2D eigenvalue weighted by Crippen LogP contribution is -2.33. The number of nitrogens with zero attached hydrogens (tertiary/aromatic N) is 2. The second-order valence-corrected chi connectivity index (χ2v) is 8.43. The average Bonchev–Trinajstić information content (AvgIpc) is 3.59. The van der Waals surface area contributed by atoms with Crippen molar-refractivity contribution in [2.45, 2.75) is 25.0 Å². The molecule has 0 aliphatic heterocycles. The lowest BCUT2D eigenvalue weighted by atomic mass is 10.0. The quantitative estimate of drug-likeness (QED) is 0.142. The summed E-state index contributed by atoms with van der Waals surface area (Å²) in [5, 5.41) is 18.0. The number of carbonyl (C=O) groups excluding carboxylic acids is 2. The Morgan fingerprint density at radius 3 is 1.84 bits per heavy atom. The monoisotopic (exact) mass is 520 g/mol. The van der Waals surface area contributed by atoms with Gasteiger partial charge in [0.05, 0.1) is 30.2 Å². The van der Waals surface area contributed by atoms with Gasteiger partial charge in [-0.1, -0.05) is 48.5 Å². The van der Waals surface area contributed by atoms with E-state index in [1.54, 1.807) is 12.4 Å². The predicted molar refractivity (Wildman–Crippen MR) is 137 cm³/mol. The molecule has 12 nitrogen and oxygen atoms in total. The highest BCUT2D eigenvalue weighted by Gasteiger charge is 2.20. The summed E-state index contributed by atoms with van der Waals surface area (Å²) in [6.45, 7) is -1.16. The number of rotatable bonds is 13. The van der Waals surface area contributed by atoms with E-state index >= 15 is 0 Å². The highest BCUT2D eigenvalue weighted by molar-refractivity contribution is 5.79. The molecule has 2 heterocycles. The Kier molecular flexibility index (Phi) is 8.61. The zero-order valence-corrected chi connectivity index (χ0v) is 20.3. The van der Waals surface area contributed by atoms with Gasteiger partial charge in [0.25, 0.3) is 0 Å². The predicted octanol–water partition coefficient (Wildman–Crippen LogP) is 1.38. The largest absolute Gasteiger partial charge is 0.371 e. The molecule has 4 rings (SSSR count). The van der Waals surface area contributed by atoms with Crippen LogP contribution in [0.2, 0.25) is 0 Å². The van der Waals surface area contributed by atoms with E-state index in [2.05, 4.69) is 19.9 Å². The van der Waals surface area contributed by atoms with Crippen molar-refractivity contribution < 1.29 is 29.3 Å². The second-order valence-electron chi connectivity index (χ2n) is 8.43. The van der Waals surface area contributed by atoms with E-state index in [9.17, 15) is 9.59 Å². The zero-order valence-electron chi connectivity index (χ0n) is 20.3. The molecule has 2 amide bonds. The van der Waals surface area contributed by atoms with Crippen LogP contribution >= 0.6 is 0 Å². The van der Waals surface area contributed by atoms with Gasteiger partial charge in [0.2, 0.25) is 11.8 Å². The van der Waals surface area contributed by atoms with Gasteiger partial charge in [-0.15, -0.1) is 0 Å². The normalized spacial score (nSPS) is 12.8. The number of aliphatic hydroxyl groups excluding tert-OH is 2. The van der Waals surface area contributed by atoms with Crippen molar-refractivity contribution in [3.8, 4) is 33.6 Å². The van der Waals surface area contributed by atoms with Crippen LogP contribution in [0.3, 0.4) is 0 Å². The van der Waals surface area contributed by atoms with Crippen LogP contribution in [-0.2, 0) is 25.5 Å². The fourth-order valence-electron chi connectivity index (χ4n) is 3.96. The van der Waals surface area contributed by atoms with Gasteiger partial charge in [-0.3, -0.25) is 9.59 Å². The van der Waals surface area contributed by atoms with Gasteiger partial charge in [0.15, 0.2) is 0 Å². The third-order valence-corrected chi connectivity index (χ3v) is 5.89. The molecule has 2 atom stereocenters. The van der Waals surface area contributed by atoms with Crippen LogP contribution in [0.15, 0.2) is 60.9 Å². The van der Waals surface area contributed by atoms with E-state index < -0.39 is 37.6 Å². The van der Waals surface area contributed by atoms with E-state index in [-0.39, 0.29) is 12.8 Å². The summed E-state index contributed by atoms with van der Waals surface area (Å²) in [6.07, 6.45) is 1.59. The first-order chi connectivity index (χ1) is 18.4. The van der Waals surface area contributed by atoms with Crippen LogP contribution in [-0.4, -0.2) is 61.7 Å². The SMILES string of the molecule is NC(=O)CC(OCO)c1ncc(-c2ccc(-c3ccc(-c4cnc(CC(OCO)C(N)=O)[nH]4)cc3)cc2)[nH]1. The van der Waals surface area contributed by atoms with Gasteiger partial charge >= 0.3 is 0 Å². The van der Waals surface area contributed by atoms with Crippen LogP contribution < -0.4 is 11.5 Å². The number of hydrogen-bond donors (Lipinski definition) is 6. The molecular weight excluding hydrogens is 492 g/mol. The van der Waals surface area contributed by atoms with Gasteiger partial charge in [-0.2, -0.15) is 0 Å². The minimum Gasteiger partial charge on any atom is -0.371 e. The number of aromatic nitrogens is 4. The van der Waals surface area contributed by atoms with Crippen LogP contribution in [0.1, 0.15) is 24.2 Å². The third kappa shape index (κ3) is 6.49. The highest BCUT2D eigenvalue weighted by Crippen LogP contribution is 2.28. The smallest absolute Gasteiger partial charge is 0.247 e. The molecule has 4 aromatic rings. The first-order valence-electron chi connectivity index (χ1n) is 11.7. The zero-order chi connectivity index (χ0) is 27.1. The Morgan fingerprint density at radius 1 is 0.789 bits per heavy atom. The van der Waals surface area contributed by atoms with Gasteiger partial charge in [-0.05, 0) is 22.3 Å². The molecule has 2 aromatic carbocycles. The summed E-state index contributed by atoms with van der Waals surface area (Å²) in [5.74, 6) is -0.319. The molecule has 0 spiro atoms. The number of aromatic amines is 2. The summed E-state index contributed by atoms with van der Waals surface area (Å²) in [7, 11) is 0. The summed E-state index contributed by atoms with van der Waals surface area (Å²) in [5.41, 5.74) is 15.9. The Labute approximate surface area is 217 Å². The molecule has 8 N–H and O–H groups in total. The maximum Gasteiger partial charge on any atom is 0.247 e. The molecule has 0 bridgehead atoms. The molecule has 0 aliphatic rings. The molecule has 0 radical (unpaired) electrons. The van der Waals surface area contributed by atoms with Crippen LogP contribution in [0.25, 0.3) is 33.6 Å². The van der Waals surface area contributed by atoms with Gasteiger partial charge in [0, 0.05) is 6.42 Å². The van der Waals surface area contributed by atoms with E-state index in [4.69, 9.17) is 31.2 Å². The Bertz CT molecular complexity index is 1370. The summed E-state index contributed by atoms with van der Waals surface area (Å²) in [4.78, 5) is 37.5. The number of nitrogens with one attached hydrogen (secondary N) is 2. The summed E-state index contributed by atoms with van der Waals surface area (Å²) >= 11 is 0. The molecule has 2 unspecified atom stereocenters. The molecule has 0 saturated heterocycles. The van der Waals surface area contributed by atoms with E-state index in [0.29, 0.717) is 11.6 Å². The topological polar surface area (TPSA) is 202 Å². The van der Waals surface area contributed by atoms with E-state index in [1.165, 1.54) is 0 Å². The minimum absolute atomic E-state index is 0.103. The number of primary amides is 2. The van der Waals surface area contributed by atoms with Crippen molar-refractivity contribution >= 4 is 11.8 Å². The van der Waals surface area contributed by atoms with Crippen molar-refractivity contribution in [1.82, 2.24) is 19.9 Å². The van der Waals surface area contributed by atoms with E-state index in [0.717, 1.165) is 33.6 Å². The Balaban J connectivity index is 1.44. The van der Waals surface area contributed by atoms with Crippen molar-refractivity contribution in [1.29, 1.82) is 0 Å². The fourth-order valence-corrected chi connectivity index (χ4v) is 3.96. The molecule has 0 aliphatic carbocycles. The first kappa shape index (κ1) is 26.7. The molecule has 0 fully saturated rings.